The molecule has 0 saturated heterocycles. The minimum absolute atomic E-state index is 0.0357. The van der Waals surface area contributed by atoms with E-state index in [2.05, 4.69) is 11.6 Å². The predicted octanol–water partition coefficient (Wildman–Crippen LogP) is 6.01. The molecular formula is C22H18F4N2O2S. The van der Waals surface area contributed by atoms with Crippen LogP contribution in [0.3, 0.4) is 0 Å². The van der Waals surface area contributed by atoms with Gasteiger partial charge in [-0.15, -0.1) is 0 Å². The molecule has 3 rings (SSSR count). The molecule has 1 aromatic heterocycles. The molecule has 0 saturated carbocycles. The predicted molar refractivity (Wildman–Crippen MR) is 112 cm³/mol. The molecule has 0 bridgehead atoms. The fraction of sp³-hybridized carbons (Fsp3) is 0.136. The summed E-state index contributed by atoms with van der Waals surface area (Å²) in [4.78, 5) is 3.33. The second kappa shape index (κ2) is 9.74. The highest BCUT2D eigenvalue weighted by Gasteiger charge is 2.23. The first-order valence-corrected chi connectivity index (χ1v) is 9.74. The summed E-state index contributed by atoms with van der Waals surface area (Å²) in [5.74, 6) is -2.94. The summed E-state index contributed by atoms with van der Waals surface area (Å²) >= 11 is 0.619. The standard InChI is InChI=1S/C22H18F4N2O2S/c1-4-15-16(23)11-17(24)22(21(15)26)31-28(20-7-5-6-19(25)27-20)12-13-8-9-14(29-2)10-18(13)30-3/h4-11H,1,12H2,2-3H3. The van der Waals surface area contributed by atoms with Crippen LogP contribution in [0.5, 0.6) is 11.5 Å². The van der Waals surface area contributed by atoms with Crippen LogP contribution in [0.1, 0.15) is 11.1 Å². The second-order valence-electron chi connectivity index (χ2n) is 6.23. The summed E-state index contributed by atoms with van der Waals surface area (Å²) in [7, 11) is 2.97. The first-order valence-electron chi connectivity index (χ1n) is 8.96. The lowest BCUT2D eigenvalue weighted by Gasteiger charge is -2.24. The highest BCUT2D eigenvalue weighted by Crippen LogP contribution is 2.37. The third-order valence-corrected chi connectivity index (χ3v) is 5.43. The number of methoxy groups -OCH3 is 2. The van der Waals surface area contributed by atoms with Crippen LogP contribution in [0.2, 0.25) is 0 Å². The number of nitrogens with zero attached hydrogens (tertiary/aromatic N) is 2. The zero-order valence-corrected chi connectivity index (χ0v) is 17.5. The molecule has 0 spiro atoms. The van der Waals surface area contributed by atoms with Crippen molar-refractivity contribution in [3.8, 4) is 11.5 Å². The van der Waals surface area contributed by atoms with Crippen molar-refractivity contribution in [1.29, 1.82) is 0 Å². The maximum atomic E-state index is 14.8. The lowest BCUT2D eigenvalue weighted by molar-refractivity contribution is 0.391. The van der Waals surface area contributed by atoms with E-state index in [0.29, 0.717) is 35.1 Å². The molecule has 4 nitrogen and oxygen atoms in total. The van der Waals surface area contributed by atoms with E-state index in [9.17, 15) is 17.6 Å². The number of aromatic nitrogens is 1. The molecule has 0 N–H and O–H groups in total. The van der Waals surface area contributed by atoms with Crippen molar-refractivity contribution in [1.82, 2.24) is 4.98 Å². The largest absolute Gasteiger partial charge is 0.497 e. The van der Waals surface area contributed by atoms with Gasteiger partial charge in [-0.3, -0.25) is 4.31 Å². The first-order chi connectivity index (χ1) is 14.9. The Bertz CT molecular complexity index is 1110. The Morgan fingerprint density at radius 1 is 1.03 bits per heavy atom. The van der Waals surface area contributed by atoms with Gasteiger partial charge < -0.3 is 9.47 Å². The van der Waals surface area contributed by atoms with Gasteiger partial charge in [-0.2, -0.15) is 4.39 Å². The van der Waals surface area contributed by atoms with Gasteiger partial charge in [-0.05, 0) is 36.2 Å². The van der Waals surface area contributed by atoms with Crippen LogP contribution >= 0.6 is 11.9 Å². The van der Waals surface area contributed by atoms with Crippen molar-refractivity contribution in [3.63, 3.8) is 0 Å². The minimum Gasteiger partial charge on any atom is -0.497 e. The second-order valence-corrected chi connectivity index (χ2v) is 7.26. The molecule has 0 aliphatic heterocycles. The average molecular weight is 450 g/mol. The van der Waals surface area contributed by atoms with Crippen LogP contribution in [-0.4, -0.2) is 19.2 Å². The zero-order valence-electron chi connectivity index (χ0n) is 16.7. The SMILES string of the molecule is C=Cc1c(F)cc(F)c(SN(Cc2ccc(OC)cc2OC)c2cccc(F)n2)c1F. The van der Waals surface area contributed by atoms with E-state index >= 15 is 0 Å². The highest BCUT2D eigenvalue weighted by atomic mass is 32.2. The summed E-state index contributed by atoms with van der Waals surface area (Å²) in [5, 5.41) is 0. The van der Waals surface area contributed by atoms with Crippen LogP contribution in [-0.2, 0) is 6.54 Å². The van der Waals surface area contributed by atoms with Crippen molar-refractivity contribution in [2.45, 2.75) is 11.4 Å². The van der Waals surface area contributed by atoms with E-state index in [1.54, 1.807) is 18.2 Å². The number of hydrogen-bond donors (Lipinski definition) is 0. The molecule has 0 aliphatic carbocycles. The van der Waals surface area contributed by atoms with Crippen LogP contribution < -0.4 is 13.8 Å². The molecule has 1 heterocycles. The zero-order chi connectivity index (χ0) is 22.5. The van der Waals surface area contributed by atoms with E-state index < -0.39 is 33.9 Å². The van der Waals surface area contributed by atoms with Gasteiger partial charge in [-0.25, -0.2) is 18.2 Å². The van der Waals surface area contributed by atoms with Crippen LogP contribution in [0, 0.1) is 23.4 Å². The van der Waals surface area contributed by atoms with Gasteiger partial charge >= 0.3 is 0 Å². The van der Waals surface area contributed by atoms with Crippen molar-refractivity contribution in [2.24, 2.45) is 0 Å². The number of pyridine rings is 1. The van der Waals surface area contributed by atoms with E-state index in [0.717, 1.165) is 12.1 Å². The molecule has 2 aromatic carbocycles. The number of hydrogen-bond acceptors (Lipinski definition) is 5. The Morgan fingerprint density at radius 2 is 1.81 bits per heavy atom. The van der Waals surface area contributed by atoms with Gasteiger partial charge in [0.15, 0.2) is 5.82 Å². The third kappa shape index (κ3) is 4.93. The molecule has 0 radical (unpaired) electrons. The molecule has 0 atom stereocenters. The molecule has 162 valence electrons. The molecule has 0 unspecified atom stereocenters. The average Bonchev–Trinajstić information content (AvgIpc) is 2.76. The first kappa shape index (κ1) is 22.5. The van der Waals surface area contributed by atoms with Crippen LogP contribution in [0.4, 0.5) is 23.4 Å². The van der Waals surface area contributed by atoms with E-state index in [1.165, 1.54) is 30.7 Å². The van der Waals surface area contributed by atoms with E-state index in [-0.39, 0.29) is 12.4 Å². The highest BCUT2D eigenvalue weighted by molar-refractivity contribution is 8.00. The number of ether oxygens (including phenoxy) is 2. The maximum Gasteiger partial charge on any atom is 0.214 e. The maximum absolute atomic E-state index is 14.8. The fourth-order valence-electron chi connectivity index (χ4n) is 2.80. The fourth-order valence-corrected chi connectivity index (χ4v) is 3.76. The van der Waals surface area contributed by atoms with Gasteiger partial charge in [0.25, 0.3) is 0 Å². The number of halogens is 4. The van der Waals surface area contributed by atoms with Gasteiger partial charge in [0.2, 0.25) is 5.95 Å². The van der Waals surface area contributed by atoms with Crippen molar-refractivity contribution in [3.05, 3.63) is 83.6 Å². The van der Waals surface area contributed by atoms with Gasteiger partial charge in [0, 0.05) is 23.3 Å². The van der Waals surface area contributed by atoms with Crippen molar-refractivity contribution >= 4 is 23.8 Å². The van der Waals surface area contributed by atoms with Crippen LogP contribution in [0.15, 0.2) is 53.9 Å². The topological polar surface area (TPSA) is 34.6 Å². The lowest BCUT2D eigenvalue weighted by Crippen LogP contribution is -2.17. The molecule has 31 heavy (non-hydrogen) atoms. The van der Waals surface area contributed by atoms with Gasteiger partial charge in [0.1, 0.15) is 33.8 Å². The normalized spacial score (nSPS) is 10.6. The summed E-state index contributed by atoms with van der Waals surface area (Å²) in [6.07, 6.45) is 0.964. The molecule has 0 amide bonds. The Hall–Kier alpha value is -3.20. The summed E-state index contributed by atoms with van der Waals surface area (Å²) in [6, 6.07) is 9.67. The smallest absolute Gasteiger partial charge is 0.214 e. The van der Waals surface area contributed by atoms with E-state index in [1.807, 2.05) is 0 Å². The minimum atomic E-state index is -1.11. The summed E-state index contributed by atoms with van der Waals surface area (Å²) in [5.41, 5.74) is 0.159. The number of benzene rings is 2. The van der Waals surface area contributed by atoms with Crippen LogP contribution in [0.25, 0.3) is 6.08 Å². The lowest BCUT2D eigenvalue weighted by atomic mass is 10.2. The molecule has 3 aromatic rings. The Balaban J connectivity index is 2.06. The molecule has 0 fully saturated rings. The van der Waals surface area contributed by atoms with E-state index in [4.69, 9.17) is 9.47 Å². The number of anilines is 1. The quantitative estimate of drug-likeness (QED) is 0.239. The van der Waals surface area contributed by atoms with Crippen molar-refractivity contribution in [2.75, 3.05) is 18.5 Å². The Morgan fingerprint density at radius 3 is 2.45 bits per heavy atom. The van der Waals surface area contributed by atoms with Crippen molar-refractivity contribution < 1.29 is 27.0 Å². The monoisotopic (exact) mass is 450 g/mol. The Labute approximate surface area is 181 Å². The Kier molecular flexibility index (Phi) is 7.06. The summed E-state index contributed by atoms with van der Waals surface area (Å²) in [6.45, 7) is 3.40. The summed E-state index contributed by atoms with van der Waals surface area (Å²) < 4.78 is 68.8. The number of rotatable bonds is 8. The van der Waals surface area contributed by atoms with Gasteiger partial charge in [0.05, 0.1) is 20.8 Å². The molecule has 9 heteroatoms. The molecular weight excluding hydrogens is 432 g/mol. The third-order valence-electron chi connectivity index (χ3n) is 4.33. The van der Waals surface area contributed by atoms with Gasteiger partial charge in [-0.1, -0.05) is 18.7 Å². The molecule has 0 aliphatic rings.